The fraction of sp³-hybridized carbons (Fsp3) is 0.364. The van der Waals surface area contributed by atoms with E-state index in [4.69, 9.17) is 9.72 Å². The molecule has 2 aromatic heterocycles. The van der Waals surface area contributed by atoms with Crippen LogP contribution in [0.15, 0.2) is 42.6 Å². The fourth-order valence-electron chi connectivity index (χ4n) is 3.48. The lowest BCUT2D eigenvalue weighted by molar-refractivity contribution is 0.244. The van der Waals surface area contributed by atoms with Crippen LogP contribution in [-0.2, 0) is 19.5 Å². The number of hydrogen-bond donors (Lipinski definition) is 0. The first-order valence-electron chi connectivity index (χ1n) is 9.43. The Morgan fingerprint density at radius 3 is 2.85 bits per heavy atom. The zero-order valence-electron chi connectivity index (χ0n) is 16.1. The third kappa shape index (κ3) is 3.89. The SMILES string of the molecule is COc1ccccc1-c1ccc(CN2CCc3nc(C(C)C)ncc3C2)s1. The zero-order chi connectivity index (χ0) is 18.8. The van der Waals surface area contributed by atoms with E-state index in [-0.39, 0.29) is 0 Å². The van der Waals surface area contributed by atoms with Gasteiger partial charge in [0.25, 0.3) is 0 Å². The van der Waals surface area contributed by atoms with Crippen molar-refractivity contribution >= 4 is 11.3 Å². The highest BCUT2D eigenvalue weighted by Crippen LogP contribution is 2.35. The second-order valence-corrected chi connectivity index (χ2v) is 8.45. The summed E-state index contributed by atoms with van der Waals surface area (Å²) < 4.78 is 5.51. The smallest absolute Gasteiger partial charge is 0.131 e. The molecule has 0 unspecified atom stereocenters. The summed E-state index contributed by atoms with van der Waals surface area (Å²) in [5.41, 5.74) is 3.66. The third-order valence-electron chi connectivity index (χ3n) is 4.96. The Hall–Kier alpha value is -2.24. The Morgan fingerprint density at radius 1 is 1.19 bits per heavy atom. The van der Waals surface area contributed by atoms with Gasteiger partial charge in [0.05, 0.1) is 7.11 Å². The van der Waals surface area contributed by atoms with Crippen LogP contribution in [0.5, 0.6) is 5.75 Å². The highest BCUT2D eigenvalue weighted by atomic mass is 32.1. The van der Waals surface area contributed by atoms with E-state index in [0.29, 0.717) is 5.92 Å². The van der Waals surface area contributed by atoms with Crippen LogP contribution in [0.4, 0.5) is 0 Å². The largest absolute Gasteiger partial charge is 0.496 e. The quantitative estimate of drug-likeness (QED) is 0.632. The molecule has 1 aliphatic rings. The Bertz CT molecular complexity index is 935. The normalized spacial score (nSPS) is 14.4. The molecule has 0 N–H and O–H groups in total. The molecular weight excluding hydrogens is 354 g/mol. The maximum absolute atomic E-state index is 5.51. The van der Waals surface area contributed by atoms with E-state index >= 15 is 0 Å². The van der Waals surface area contributed by atoms with Gasteiger partial charge in [0.15, 0.2) is 0 Å². The Morgan fingerprint density at radius 2 is 2.04 bits per heavy atom. The molecular formula is C22H25N3OS. The number of ether oxygens (including phenoxy) is 1. The van der Waals surface area contributed by atoms with Gasteiger partial charge >= 0.3 is 0 Å². The molecule has 3 heterocycles. The second-order valence-electron chi connectivity index (χ2n) is 7.28. The van der Waals surface area contributed by atoms with Gasteiger partial charge in [-0.25, -0.2) is 9.97 Å². The minimum absolute atomic E-state index is 0.382. The van der Waals surface area contributed by atoms with Crippen molar-refractivity contribution in [2.75, 3.05) is 13.7 Å². The number of thiophene rings is 1. The Labute approximate surface area is 164 Å². The predicted octanol–water partition coefficient (Wildman–Crippen LogP) is 4.90. The lowest BCUT2D eigenvalue weighted by Gasteiger charge is -2.27. The van der Waals surface area contributed by atoms with Gasteiger partial charge in [-0.1, -0.05) is 26.0 Å². The minimum Gasteiger partial charge on any atom is -0.496 e. The van der Waals surface area contributed by atoms with E-state index in [1.165, 1.54) is 21.0 Å². The maximum Gasteiger partial charge on any atom is 0.131 e. The maximum atomic E-state index is 5.51. The van der Waals surface area contributed by atoms with E-state index in [1.807, 2.05) is 29.7 Å². The lowest BCUT2D eigenvalue weighted by Crippen LogP contribution is -2.30. The molecule has 0 saturated carbocycles. The van der Waals surface area contributed by atoms with Crippen molar-refractivity contribution in [3.8, 4) is 16.2 Å². The summed E-state index contributed by atoms with van der Waals surface area (Å²) in [4.78, 5) is 14.4. The monoisotopic (exact) mass is 379 g/mol. The van der Waals surface area contributed by atoms with Crippen molar-refractivity contribution < 1.29 is 4.74 Å². The number of nitrogens with zero attached hydrogens (tertiary/aromatic N) is 3. The minimum atomic E-state index is 0.382. The van der Waals surface area contributed by atoms with Crippen molar-refractivity contribution in [1.82, 2.24) is 14.9 Å². The summed E-state index contributed by atoms with van der Waals surface area (Å²) in [6.07, 6.45) is 3.03. The summed E-state index contributed by atoms with van der Waals surface area (Å²) in [5, 5.41) is 0. The summed E-state index contributed by atoms with van der Waals surface area (Å²) in [7, 11) is 1.73. The van der Waals surface area contributed by atoms with E-state index in [2.05, 4.69) is 48.0 Å². The van der Waals surface area contributed by atoms with E-state index in [9.17, 15) is 0 Å². The molecule has 4 rings (SSSR count). The van der Waals surface area contributed by atoms with Gasteiger partial charge in [-0.05, 0) is 24.3 Å². The summed E-state index contributed by atoms with van der Waals surface area (Å²) in [6.45, 7) is 7.23. The first-order valence-corrected chi connectivity index (χ1v) is 10.2. The molecule has 0 atom stereocenters. The highest BCUT2D eigenvalue weighted by Gasteiger charge is 2.20. The van der Waals surface area contributed by atoms with Crippen molar-refractivity contribution in [1.29, 1.82) is 0 Å². The van der Waals surface area contributed by atoms with Crippen LogP contribution in [0.2, 0.25) is 0 Å². The van der Waals surface area contributed by atoms with Crippen molar-refractivity contribution in [3.63, 3.8) is 0 Å². The number of aromatic nitrogens is 2. The van der Waals surface area contributed by atoms with Gasteiger partial charge in [0, 0.05) is 64.7 Å². The number of para-hydroxylation sites is 1. The third-order valence-corrected chi connectivity index (χ3v) is 6.06. The van der Waals surface area contributed by atoms with Crippen LogP contribution in [0, 0.1) is 0 Å². The molecule has 0 bridgehead atoms. The number of benzene rings is 1. The highest BCUT2D eigenvalue weighted by molar-refractivity contribution is 7.15. The van der Waals surface area contributed by atoms with Crippen LogP contribution < -0.4 is 4.74 Å². The standard InChI is InChI=1S/C22H25N3OS/c1-15(2)22-23-12-16-13-25(11-10-19(16)24-22)14-17-8-9-21(27-17)18-6-4-5-7-20(18)26-3/h4-9,12,15H,10-11,13-14H2,1-3H3. The number of methoxy groups -OCH3 is 1. The number of fused-ring (bicyclic) bond motifs is 1. The van der Waals surface area contributed by atoms with Crippen molar-refractivity contribution in [2.45, 2.75) is 39.3 Å². The molecule has 1 aromatic carbocycles. The summed E-state index contributed by atoms with van der Waals surface area (Å²) >= 11 is 1.84. The van der Waals surface area contributed by atoms with Crippen LogP contribution in [0.25, 0.3) is 10.4 Å². The first kappa shape index (κ1) is 18.1. The van der Waals surface area contributed by atoms with Gasteiger partial charge < -0.3 is 4.74 Å². The van der Waals surface area contributed by atoms with E-state index in [0.717, 1.165) is 43.2 Å². The molecule has 1 aliphatic heterocycles. The molecule has 3 aromatic rings. The molecule has 0 radical (unpaired) electrons. The molecule has 0 fully saturated rings. The van der Waals surface area contributed by atoms with Crippen molar-refractivity contribution in [3.05, 3.63) is 64.6 Å². The Kier molecular flexibility index (Phi) is 5.23. The van der Waals surface area contributed by atoms with Gasteiger partial charge in [0.2, 0.25) is 0 Å². The molecule has 4 nitrogen and oxygen atoms in total. The molecule has 0 amide bonds. The predicted molar refractivity (Wildman–Crippen MR) is 110 cm³/mol. The molecule has 27 heavy (non-hydrogen) atoms. The van der Waals surface area contributed by atoms with Gasteiger partial charge in [0.1, 0.15) is 11.6 Å². The van der Waals surface area contributed by atoms with Crippen LogP contribution in [-0.4, -0.2) is 28.5 Å². The van der Waals surface area contributed by atoms with Gasteiger partial charge in [-0.15, -0.1) is 11.3 Å². The summed E-state index contributed by atoms with van der Waals surface area (Å²) in [6, 6.07) is 12.6. The van der Waals surface area contributed by atoms with Crippen LogP contribution >= 0.6 is 11.3 Å². The molecule has 0 spiro atoms. The van der Waals surface area contributed by atoms with E-state index in [1.54, 1.807) is 7.11 Å². The summed E-state index contributed by atoms with van der Waals surface area (Å²) in [5.74, 6) is 2.27. The van der Waals surface area contributed by atoms with E-state index < -0.39 is 0 Å². The molecule has 140 valence electrons. The Balaban J connectivity index is 1.47. The molecule has 5 heteroatoms. The second kappa shape index (κ2) is 7.79. The molecule has 0 saturated heterocycles. The topological polar surface area (TPSA) is 38.2 Å². The van der Waals surface area contributed by atoms with Crippen LogP contribution in [0.1, 0.15) is 41.7 Å². The molecule has 0 aliphatic carbocycles. The lowest BCUT2D eigenvalue weighted by atomic mass is 10.1. The number of rotatable bonds is 5. The van der Waals surface area contributed by atoms with Gasteiger partial charge in [-0.2, -0.15) is 0 Å². The number of hydrogen-bond acceptors (Lipinski definition) is 5. The van der Waals surface area contributed by atoms with Gasteiger partial charge in [-0.3, -0.25) is 4.90 Å². The average Bonchev–Trinajstić information content (AvgIpc) is 3.15. The first-order chi connectivity index (χ1) is 13.1. The van der Waals surface area contributed by atoms with Crippen LogP contribution in [0.3, 0.4) is 0 Å². The zero-order valence-corrected chi connectivity index (χ0v) is 16.9. The van der Waals surface area contributed by atoms with Crippen molar-refractivity contribution in [2.24, 2.45) is 0 Å². The average molecular weight is 380 g/mol. The fourth-order valence-corrected chi connectivity index (χ4v) is 4.56.